The number of hydrogen-bond donors (Lipinski definition) is 2. The van der Waals surface area contributed by atoms with Gasteiger partial charge in [0.15, 0.2) is 0 Å². The average Bonchev–Trinajstić information content (AvgIpc) is 2.85. The maximum Gasteiger partial charge on any atom is 0.239 e. The van der Waals surface area contributed by atoms with Crippen molar-refractivity contribution in [2.45, 2.75) is 55.4 Å². The Bertz CT molecular complexity index is 345. The van der Waals surface area contributed by atoms with Crippen LogP contribution in [0.2, 0.25) is 0 Å². The number of aliphatic hydroxyl groups is 1. The van der Waals surface area contributed by atoms with Gasteiger partial charge in [0, 0.05) is 30.1 Å². The molecule has 0 aromatic rings. The number of nitrogens with one attached hydrogen (secondary N) is 1. The third-order valence-corrected chi connectivity index (χ3v) is 6.27. The van der Waals surface area contributed by atoms with Crippen LogP contribution in [0.1, 0.15) is 38.5 Å². The molecule has 2 aliphatic heterocycles. The number of halogens is 1. The first-order valence-corrected chi connectivity index (χ1v) is 8.51. The summed E-state index contributed by atoms with van der Waals surface area (Å²) in [4.78, 5) is 14.6. The molecule has 2 atom stereocenters. The Morgan fingerprint density at radius 3 is 2.70 bits per heavy atom. The first-order chi connectivity index (χ1) is 9.19. The third-order valence-electron chi connectivity index (χ3n) is 4.73. The molecule has 116 valence electrons. The number of aliphatic hydroxyl groups excluding tert-OH is 1. The van der Waals surface area contributed by atoms with Gasteiger partial charge in [-0.05, 0) is 19.3 Å². The van der Waals surface area contributed by atoms with Gasteiger partial charge >= 0.3 is 0 Å². The summed E-state index contributed by atoms with van der Waals surface area (Å²) in [5.74, 6) is 1.28. The molecule has 0 aromatic heterocycles. The lowest BCUT2D eigenvalue weighted by Gasteiger charge is -2.45. The highest BCUT2D eigenvalue weighted by atomic mass is 35.5. The summed E-state index contributed by atoms with van der Waals surface area (Å²) in [6, 6.07) is -0.154. The molecule has 4 nitrogen and oxygen atoms in total. The van der Waals surface area contributed by atoms with Gasteiger partial charge in [-0.1, -0.05) is 19.3 Å². The molecular formula is C14H25ClN2O2S. The van der Waals surface area contributed by atoms with Crippen molar-refractivity contribution in [3.8, 4) is 0 Å². The lowest BCUT2D eigenvalue weighted by atomic mass is 9.87. The number of nitrogens with zero attached hydrogens (tertiary/aromatic N) is 1. The minimum atomic E-state index is -0.350. The van der Waals surface area contributed by atoms with E-state index in [1.165, 1.54) is 32.1 Å². The Kier molecular flexibility index (Phi) is 5.63. The zero-order chi connectivity index (χ0) is 13.3. The Morgan fingerprint density at radius 1 is 1.30 bits per heavy atom. The van der Waals surface area contributed by atoms with Crippen LogP contribution in [0.5, 0.6) is 0 Å². The number of rotatable bonds is 1. The topological polar surface area (TPSA) is 52.6 Å². The minimum Gasteiger partial charge on any atom is -0.392 e. The van der Waals surface area contributed by atoms with Crippen LogP contribution in [0.4, 0.5) is 0 Å². The molecule has 6 heteroatoms. The van der Waals surface area contributed by atoms with Crippen LogP contribution in [0, 0.1) is 0 Å². The van der Waals surface area contributed by atoms with E-state index in [1.807, 2.05) is 0 Å². The van der Waals surface area contributed by atoms with Gasteiger partial charge in [-0.15, -0.1) is 12.4 Å². The van der Waals surface area contributed by atoms with Gasteiger partial charge in [-0.3, -0.25) is 4.79 Å². The molecule has 3 fully saturated rings. The van der Waals surface area contributed by atoms with Crippen molar-refractivity contribution >= 4 is 30.1 Å². The van der Waals surface area contributed by atoms with Crippen molar-refractivity contribution in [2.24, 2.45) is 0 Å². The Balaban J connectivity index is 0.00000147. The molecule has 0 radical (unpaired) electrons. The molecule has 2 heterocycles. The Hall–Kier alpha value is 0.0300. The first-order valence-electron chi connectivity index (χ1n) is 7.53. The maximum absolute atomic E-state index is 12.5. The van der Waals surface area contributed by atoms with Gasteiger partial charge in [-0.2, -0.15) is 11.8 Å². The SMILES string of the molecule is Cl.O=C(C1CC(O)CN1)N1CCSC2(CCCCC2)C1. The van der Waals surface area contributed by atoms with Crippen molar-refractivity contribution in [3.05, 3.63) is 0 Å². The fraction of sp³-hybridized carbons (Fsp3) is 0.929. The molecule has 3 aliphatic rings. The van der Waals surface area contributed by atoms with Crippen LogP contribution in [-0.4, -0.2) is 58.2 Å². The van der Waals surface area contributed by atoms with Crippen molar-refractivity contribution in [1.29, 1.82) is 0 Å². The van der Waals surface area contributed by atoms with Crippen molar-refractivity contribution in [1.82, 2.24) is 10.2 Å². The number of β-amino-alcohol motifs (C(OH)–C–C–N with tert-alkyl or cyclic N) is 1. The lowest BCUT2D eigenvalue weighted by molar-refractivity contribution is -0.133. The highest BCUT2D eigenvalue weighted by molar-refractivity contribution is 8.00. The predicted molar refractivity (Wildman–Crippen MR) is 84.5 cm³/mol. The van der Waals surface area contributed by atoms with Crippen LogP contribution in [0.15, 0.2) is 0 Å². The fourth-order valence-electron chi connectivity index (χ4n) is 3.66. The molecule has 0 aromatic carbocycles. The normalized spacial score (nSPS) is 33.0. The van der Waals surface area contributed by atoms with E-state index in [1.54, 1.807) is 0 Å². The first kappa shape index (κ1) is 16.4. The van der Waals surface area contributed by atoms with E-state index in [2.05, 4.69) is 22.0 Å². The average molecular weight is 321 g/mol. The highest BCUT2D eigenvalue weighted by Gasteiger charge is 2.41. The van der Waals surface area contributed by atoms with E-state index in [4.69, 9.17) is 0 Å². The van der Waals surface area contributed by atoms with Gasteiger partial charge in [0.2, 0.25) is 5.91 Å². The summed E-state index contributed by atoms with van der Waals surface area (Å²) in [5.41, 5.74) is 0. The van der Waals surface area contributed by atoms with Crippen LogP contribution in [0.3, 0.4) is 0 Å². The minimum absolute atomic E-state index is 0. The molecule has 20 heavy (non-hydrogen) atoms. The van der Waals surface area contributed by atoms with Crippen LogP contribution < -0.4 is 5.32 Å². The Morgan fingerprint density at radius 2 is 2.05 bits per heavy atom. The summed E-state index contributed by atoms with van der Waals surface area (Å²) >= 11 is 2.09. The number of carbonyl (C=O) groups is 1. The molecule has 2 saturated heterocycles. The second-order valence-corrected chi connectivity index (χ2v) is 7.77. The predicted octanol–water partition coefficient (Wildman–Crippen LogP) is 1.41. The van der Waals surface area contributed by atoms with E-state index in [0.717, 1.165) is 18.8 Å². The molecule has 2 N–H and O–H groups in total. The lowest BCUT2D eigenvalue weighted by Crippen LogP contribution is -2.53. The quantitative estimate of drug-likeness (QED) is 0.767. The van der Waals surface area contributed by atoms with Crippen molar-refractivity contribution in [3.63, 3.8) is 0 Å². The molecule has 2 unspecified atom stereocenters. The van der Waals surface area contributed by atoms with Crippen molar-refractivity contribution < 1.29 is 9.90 Å². The van der Waals surface area contributed by atoms with Gasteiger partial charge in [-0.25, -0.2) is 0 Å². The maximum atomic E-state index is 12.5. The zero-order valence-corrected chi connectivity index (χ0v) is 13.5. The molecule has 1 spiro atoms. The molecule has 1 saturated carbocycles. The molecule has 3 rings (SSSR count). The zero-order valence-electron chi connectivity index (χ0n) is 11.8. The highest BCUT2D eigenvalue weighted by Crippen LogP contribution is 2.42. The van der Waals surface area contributed by atoms with E-state index < -0.39 is 0 Å². The van der Waals surface area contributed by atoms with Crippen LogP contribution >= 0.6 is 24.2 Å². The summed E-state index contributed by atoms with van der Waals surface area (Å²) in [6.07, 6.45) is 6.74. The van der Waals surface area contributed by atoms with Gasteiger partial charge in [0.1, 0.15) is 0 Å². The van der Waals surface area contributed by atoms with Gasteiger partial charge < -0.3 is 15.3 Å². The molecular weight excluding hydrogens is 296 g/mol. The fourth-order valence-corrected chi connectivity index (χ4v) is 5.23. The number of carbonyl (C=O) groups excluding carboxylic acids is 1. The summed E-state index contributed by atoms with van der Waals surface area (Å²) < 4.78 is 0.337. The third kappa shape index (κ3) is 3.43. The molecule has 1 aliphatic carbocycles. The van der Waals surface area contributed by atoms with E-state index >= 15 is 0 Å². The number of amides is 1. The molecule has 1 amide bonds. The monoisotopic (exact) mass is 320 g/mol. The summed E-state index contributed by atoms with van der Waals surface area (Å²) in [5, 5.41) is 12.7. The number of hydrogen-bond acceptors (Lipinski definition) is 4. The van der Waals surface area contributed by atoms with E-state index in [-0.39, 0.29) is 30.5 Å². The van der Waals surface area contributed by atoms with Gasteiger partial charge in [0.05, 0.1) is 12.1 Å². The van der Waals surface area contributed by atoms with Crippen LogP contribution in [0.25, 0.3) is 0 Å². The second kappa shape index (κ2) is 6.86. The smallest absolute Gasteiger partial charge is 0.239 e. The van der Waals surface area contributed by atoms with E-state index in [0.29, 0.717) is 17.7 Å². The summed E-state index contributed by atoms with van der Waals surface area (Å²) in [7, 11) is 0. The second-order valence-electron chi connectivity index (χ2n) is 6.20. The standard InChI is InChI=1S/C14H24N2O2S.ClH/c17-11-8-12(15-9-11)13(18)16-6-7-19-14(10-16)4-2-1-3-5-14;/h11-12,15,17H,1-10H2;1H. The van der Waals surface area contributed by atoms with Crippen molar-refractivity contribution in [2.75, 3.05) is 25.4 Å². The number of thioether (sulfide) groups is 1. The summed E-state index contributed by atoms with van der Waals surface area (Å²) in [6.45, 7) is 2.36. The van der Waals surface area contributed by atoms with Gasteiger partial charge in [0.25, 0.3) is 0 Å². The molecule has 0 bridgehead atoms. The van der Waals surface area contributed by atoms with Crippen LogP contribution in [-0.2, 0) is 4.79 Å². The largest absolute Gasteiger partial charge is 0.392 e. The van der Waals surface area contributed by atoms with E-state index in [9.17, 15) is 9.90 Å². The Labute approximate surface area is 131 Å².